The summed E-state index contributed by atoms with van der Waals surface area (Å²) in [6, 6.07) is 0. The number of aliphatic carboxylic acids is 1. The Morgan fingerprint density at radius 2 is 2.43 bits per heavy atom. The number of ether oxygens (including phenoxy) is 1. The first kappa shape index (κ1) is 11.4. The van der Waals surface area contributed by atoms with E-state index in [1.807, 2.05) is 0 Å². The molecule has 0 aromatic rings. The van der Waals surface area contributed by atoms with E-state index >= 15 is 0 Å². The third kappa shape index (κ3) is 4.02. The topological polar surface area (TPSA) is 49.8 Å². The molecule has 0 radical (unpaired) electrons. The van der Waals surface area contributed by atoms with Gasteiger partial charge in [-0.1, -0.05) is 0 Å². The van der Waals surface area contributed by atoms with Crippen molar-refractivity contribution in [2.45, 2.75) is 18.9 Å². The molecular formula is C9H16FNO3. The number of alkyl halides is 1. The van der Waals surface area contributed by atoms with Crippen LogP contribution in [-0.4, -0.2) is 55.0 Å². The molecule has 14 heavy (non-hydrogen) atoms. The SMILES string of the molecule is O=C(O)CC1CN(CCCF)CCO1. The Bertz CT molecular complexity index is 189. The molecule has 0 saturated carbocycles. The largest absolute Gasteiger partial charge is 0.481 e. The van der Waals surface area contributed by atoms with Crippen LogP contribution in [0.15, 0.2) is 0 Å². The fourth-order valence-electron chi connectivity index (χ4n) is 1.59. The molecule has 0 aliphatic carbocycles. The lowest BCUT2D eigenvalue weighted by molar-refractivity contribution is -0.142. The summed E-state index contributed by atoms with van der Waals surface area (Å²) < 4.78 is 17.2. The minimum absolute atomic E-state index is 0.0339. The van der Waals surface area contributed by atoms with E-state index in [9.17, 15) is 9.18 Å². The molecule has 4 nitrogen and oxygen atoms in total. The smallest absolute Gasteiger partial charge is 0.306 e. The molecule has 1 saturated heterocycles. The van der Waals surface area contributed by atoms with Crippen molar-refractivity contribution in [3.63, 3.8) is 0 Å². The Hall–Kier alpha value is -0.680. The summed E-state index contributed by atoms with van der Waals surface area (Å²) in [5, 5.41) is 8.57. The highest BCUT2D eigenvalue weighted by molar-refractivity contribution is 5.67. The highest BCUT2D eigenvalue weighted by Gasteiger charge is 2.21. The van der Waals surface area contributed by atoms with E-state index < -0.39 is 5.97 Å². The first-order valence-electron chi connectivity index (χ1n) is 4.84. The number of carbonyl (C=O) groups is 1. The maximum Gasteiger partial charge on any atom is 0.306 e. The summed E-state index contributed by atoms with van der Waals surface area (Å²) in [6.45, 7) is 2.30. The zero-order chi connectivity index (χ0) is 10.4. The Balaban J connectivity index is 2.24. The molecule has 1 atom stereocenters. The Kier molecular flexibility index (Phi) is 4.82. The first-order chi connectivity index (χ1) is 6.72. The van der Waals surface area contributed by atoms with Gasteiger partial charge >= 0.3 is 5.97 Å². The molecule has 1 aliphatic rings. The summed E-state index contributed by atoms with van der Waals surface area (Å²) in [6.07, 6.45) is 0.312. The van der Waals surface area contributed by atoms with E-state index in [2.05, 4.69) is 4.90 Å². The van der Waals surface area contributed by atoms with Gasteiger partial charge in [0.2, 0.25) is 0 Å². The van der Waals surface area contributed by atoms with Crippen LogP contribution in [0.25, 0.3) is 0 Å². The summed E-state index contributed by atoms with van der Waals surface area (Å²) in [7, 11) is 0. The molecule has 1 fully saturated rings. The Morgan fingerprint density at radius 1 is 1.64 bits per heavy atom. The summed E-state index contributed by atoms with van der Waals surface area (Å²) in [5.74, 6) is -0.845. The molecule has 0 amide bonds. The van der Waals surface area contributed by atoms with Crippen LogP contribution in [0.5, 0.6) is 0 Å². The van der Waals surface area contributed by atoms with Crippen molar-refractivity contribution >= 4 is 5.97 Å². The third-order valence-corrected chi connectivity index (χ3v) is 2.23. The van der Waals surface area contributed by atoms with Gasteiger partial charge in [0.15, 0.2) is 0 Å². The lowest BCUT2D eigenvalue weighted by Crippen LogP contribution is -2.43. The van der Waals surface area contributed by atoms with E-state index in [1.165, 1.54) is 0 Å². The van der Waals surface area contributed by atoms with Crippen molar-refractivity contribution < 1.29 is 19.0 Å². The van der Waals surface area contributed by atoms with Gasteiger partial charge in [-0.2, -0.15) is 0 Å². The highest BCUT2D eigenvalue weighted by Crippen LogP contribution is 2.08. The molecular weight excluding hydrogens is 189 g/mol. The highest BCUT2D eigenvalue weighted by atomic mass is 19.1. The van der Waals surface area contributed by atoms with Gasteiger partial charge in [0.1, 0.15) is 0 Å². The molecule has 1 N–H and O–H groups in total. The molecule has 1 unspecified atom stereocenters. The molecule has 1 rings (SSSR count). The number of carboxylic acids is 1. The second kappa shape index (κ2) is 5.93. The number of morpholine rings is 1. The number of halogens is 1. The van der Waals surface area contributed by atoms with Crippen LogP contribution < -0.4 is 0 Å². The molecule has 0 spiro atoms. The van der Waals surface area contributed by atoms with Gasteiger partial charge in [-0.3, -0.25) is 14.1 Å². The summed E-state index contributed by atoms with van der Waals surface area (Å²) >= 11 is 0. The average Bonchev–Trinajstić information content (AvgIpc) is 2.14. The van der Waals surface area contributed by atoms with E-state index in [0.717, 1.165) is 6.54 Å². The second-order valence-corrected chi connectivity index (χ2v) is 3.43. The molecule has 0 bridgehead atoms. The van der Waals surface area contributed by atoms with Crippen molar-refractivity contribution in [1.29, 1.82) is 0 Å². The number of rotatable bonds is 5. The Morgan fingerprint density at radius 3 is 3.07 bits per heavy atom. The van der Waals surface area contributed by atoms with Crippen molar-refractivity contribution in [1.82, 2.24) is 4.90 Å². The van der Waals surface area contributed by atoms with Gasteiger partial charge in [-0.05, 0) is 6.42 Å². The van der Waals surface area contributed by atoms with Gasteiger partial charge in [-0.15, -0.1) is 0 Å². The Labute approximate surface area is 82.6 Å². The minimum atomic E-state index is -0.845. The van der Waals surface area contributed by atoms with Crippen LogP contribution in [-0.2, 0) is 9.53 Å². The van der Waals surface area contributed by atoms with Gasteiger partial charge < -0.3 is 9.84 Å². The van der Waals surface area contributed by atoms with E-state index in [0.29, 0.717) is 26.1 Å². The fraction of sp³-hybridized carbons (Fsp3) is 0.889. The maximum absolute atomic E-state index is 11.9. The standard InChI is InChI=1S/C9H16FNO3/c10-2-1-3-11-4-5-14-8(7-11)6-9(12)13/h8H,1-7H2,(H,12,13). The van der Waals surface area contributed by atoms with Crippen LogP contribution in [0.4, 0.5) is 4.39 Å². The van der Waals surface area contributed by atoms with Gasteiger partial charge in [0.25, 0.3) is 0 Å². The van der Waals surface area contributed by atoms with Gasteiger partial charge in [0, 0.05) is 19.6 Å². The van der Waals surface area contributed by atoms with Crippen LogP contribution in [0.3, 0.4) is 0 Å². The van der Waals surface area contributed by atoms with E-state index in [-0.39, 0.29) is 19.2 Å². The van der Waals surface area contributed by atoms with Crippen LogP contribution in [0, 0.1) is 0 Å². The van der Waals surface area contributed by atoms with Crippen LogP contribution >= 0.6 is 0 Å². The molecule has 1 heterocycles. The maximum atomic E-state index is 11.9. The number of nitrogens with zero attached hydrogens (tertiary/aromatic N) is 1. The van der Waals surface area contributed by atoms with E-state index in [4.69, 9.17) is 9.84 Å². The molecule has 1 aliphatic heterocycles. The predicted molar refractivity (Wildman–Crippen MR) is 49.0 cm³/mol. The van der Waals surface area contributed by atoms with E-state index in [1.54, 1.807) is 0 Å². The monoisotopic (exact) mass is 205 g/mol. The van der Waals surface area contributed by atoms with Crippen LogP contribution in [0.2, 0.25) is 0 Å². The van der Waals surface area contributed by atoms with Gasteiger partial charge in [-0.25, -0.2) is 0 Å². The zero-order valence-corrected chi connectivity index (χ0v) is 8.12. The summed E-state index contributed by atoms with van der Waals surface area (Å²) in [4.78, 5) is 12.5. The average molecular weight is 205 g/mol. The van der Waals surface area contributed by atoms with Gasteiger partial charge in [0.05, 0.1) is 25.8 Å². The second-order valence-electron chi connectivity index (χ2n) is 3.43. The quantitative estimate of drug-likeness (QED) is 0.711. The molecule has 82 valence electrons. The number of hydrogen-bond donors (Lipinski definition) is 1. The number of hydrogen-bond acceptors (Lipinski definition) is 3. The van der Waals surface area contributed by atoms with Crippen molar-refractivity contribution in [3.05, 3.63) is 0 Å². The minimum Gasteiger partial charge on any atom is -0.481 e. The first-order valence-corrected chi connectivity index (χ1v) is 4.84. The van der Waals surface area contributed by atoms with Crippen molar-refractivity contribution in [3.8, 4) is 0 Å². The number of carboxylic acid groups (broad SMARTS) is 1. The molecule has 5 heteroatoms. The predicted octanol–water partition coefficient (Wildman–Crippen LogP) is 0.521. The van der Waals surface area contributed by atoms with Crippen molar-refractivity contribution in [2.75, 3.05) is 32.9 Å². The zero-order valence-electron chi connectivity index (χ0n) is 8.12. The third-order valence-electron chi connectivity index (χ3n) is 2.23. The normalized spacial score (nSPS) is 23.6. The van der Waals surface area contributed by atoms with Crippen molar-refractivity contribution in [2.24, 2.45) is 0 Å². The lowest BCUT2D eigenvalue weighted by Gasteiger charge is -2.31. The fourth-order valence-corrected chi connectivity index (χ4v) is 1.59. The lowest BCUT2D eigenvalue weighted by atomic mass is 10.2. The molecule has 0 aromatic heterocycles. The van der Waals surface area contributed by atoms with Crippen LogP contribution in [0.1, 0.15) is 12.8 Å². The summed E-state index contributed by atoms with van der Waals surface area (Å²) in [5.41, 5.74) is 0. The molecule has 0 aromatic carbocycles.